The molecule has 0 fully saturated rings. The van der Waals surface area contributed by atoms with Crippen molar-refractivity contribution < 1.29 is 0 Å². The average Bonchev–Trinajstić information content (AvgIpc) is 1.65. The number of rotatable bonds is 2. The van der Waals surface area contributed by atoms with E-state index < -0.39 is 0 Å². The standard InChI is InChI=1S/C6H11Cl/c1-4-6(7)5(2)3/h6H,2,4H2,1,3H3. The number of hydrogen-bond donors (Lipinski definition) is 0. The Morgan fingerprint density at radius 2 is 2.29 bits per heavy atom. The first-order valence-corrected chi connectivity index (χ1v) is 2.91. The van der Waals surface area contributed by atoms with Crippen molar-refractivity contribution in [3.8, 4) is 0 Å². The van der Waals surface area contributed by atoms with Crippen LogP contribution in [0.5, 0.6) is 0 Å². The Hall–Kier alpha value is 0.0300. The molecule has 7 heavy (non-hydrogen) atoms. The molecule has 0 nitrogen and oxygen atoms in total. The van der Waals surface area contributed by atoms with Crippen molar-refractivity contribution in [3.05, 3.63) is 12.2 Å². The Labute approximate surface area is 50.2 Å². The van der Waals surface area contributed by atoms with Crippen LogP contribution in [-0.4, -0.2) is 5.38 Å². The third-order valence-electron chi connectivity index (χ3n) is 0.893. The molecule has 0 saturated carbocycles. The molecule has 0 spiro atoms. The Balaban J connectivity index is 3.34. The smallest absolute Gasteiger partial charge is 0.0537 e. The molecule has 0 bridgehead atoms. The lowest BCUT2D eigenvalue weighted by atomic mass is 10.2. The SMILES string of the molecule is C=C(C)C(Cl)CC. The zero-order valence-corrected chi connectivity index (χ0v) is 5.63. The topological polar surface area (TPSA) is 0 Å². The predicted octanol–water partition coefficient (Wildman–Crippen LogP) is 2.58. The molecule has 0 rings (SSSR count). The minimum Gasteiger partial charge on any atom is -0.118 e. The molecule has 0 aromatic rings. The molecule has 0 saturated heterocycles. The van der Waals surface area contributed by atoms with Crippen molar-refractivity contribution in [1.82, 2.24) is 0 Å². The highest BCUT2D eigenvalue weighted by Crippen LogP contribution is 2.09. The van der Waals surface area contributed by atoms with Gasteiger partial charge in [0.15, 0.2) is 0 Å². The molecule has 0 aromatic carbocycles. The second-order valence-corrected chi connectivity index (χ2v) is 2.25. The van der Waals surface area contributed by atoms with E-state index in [0.29, 0.717) is 0 Å². The molecular weight excluding hydrogens is 108 g/mol. The normalized spacial score (nSPS) is 13.6. The summed E-state index contributed by atoms with van der Waals surface area (Å²) >= 11 is 5.70. The van der Waals surface area contributed by atoms with Gasteiger partial charge in [0.1, 0.15) is 0 Å². The van der Waals surface area contributed by atoms with E-state index in [0.717, 1.165) is 12.0 Å². The maximum atomic E-state index is 5.70. The van der Waals surface area contributed by atoms with E-state index in [1.807, 2.05) is 13.8 Å². The van der Waals surface area contributed by atoms with Gasteiger partial charge in [-0.25, -0.2) is 0 Å². The Kier molecular flexibility index (Phi) is 3.10. The van der Waals surface area contributed by atoms with Gasteiger partial charge in [0.05, 0.1) is 5.38 Å². The Morgan fingerprint density at radius 3 is 2.29 bits per heavy atom. The fraction of sp³-hybridized carbons (Fsp3) is 0.667. The van der Waals surface area contributed by atoms with Gasteiger partial charge in [-0.3, -0.25) is 0 Å². The minimum absolute atomic E-state index is 0.181. The summed E-state index contributed by atoms with van der Waals surface area (Å²) in [6, 6.07) is 0. The van der Waals surface area contributed by atoms with E-state index in [-0.39, 0.29) is 5.38 Å². The summed E-state index contributed by atoms with van der Waals surface area (Å²) in [4.78, 5) is 0. The van der Waals surface area contributed by atoms with Crippen LogP contribution in [0.4, 0.5) is 0 Å². The number of halogens is 1. The second kappa shape index (κ2) is 3.09. The third-order valence-corrected chi connectivity index (χ3v) is 1.57. The monoisotopic (exact) mass is 118 g/mol. The molecule has 0 radical (unpaired) electrons. The van der Waals surface area contributed by atoms with Crippen LogP contribution < -0.4 is 0 Å². The molecule has 0 amide bonds. The van der Waals surface area contributed by atoms with E-state index in [9.17, 15) is 0 Å². The third kappa shape index (κ3) is 2.69. The highest BCUT2D eigenvalue weighted by atomic mass is 35.5. The number of hydrogen-bond acceptors (Lipinski definition) is 0. The van der Waals surface area contributed by atoms with Crippen molar-refractivity contribution in [2.45, 2.75) is 25.6 Å². The summed E-state index contributed by atoms with van der Waals surface area (Å²) in [5.74, 6) is 0. The minimum atomic E-state index is 0.181. The summed E-state index contributed by atoms with van der Waals surface area (Å²) in [6.07, 6.45) is 0.983. The van der Waals surface area contributed by atoms with Gasteiger partial charge in [0.2, 0.25) is 0 Å². The fourth-order valence-electron chi connectivity index (χ4n) is 0.348. The molecule has 1 unspecified atom stereocenters. The molecule has 1 atom stereocenters. The lowest BCUT2D eigenvalue weighted by molar-refractivity contribution is 0.918. The van der Waals surface area contributed by atoms with E-state index in [4.69, 9.17) is 11.6 Å². The van der Waals surface area contributed by atoms with Crippen molar-refractivity contribution in [3.63, 3.8) is 0 Å². The van der Waals surface area contributed by atoms with Crippen LogP contribution in [0.25, 0.3) is 0 Å². The van der Waals surface area contributed by atoms with Gasteiger partial charge in [0, 0.05) is 0 Å². The van der Waals surface area contributed by atoms with Crippen molar-refractivity contribution in [1.29, 1.82) is 0 Å². The van der Waals surface area contributed by atoms with E-state index in [2.05, 4.69) is 6.58 Å². The molecule has 0 N–H and O–H groups in total. The second-order valence-electron chi connectivity index (χ2n) is 1.72. The van der Waals surface area contributed by atoms with Gasteiger partial charge in [-0.2, -0.15) is 0 Å². The van der Waals surface area contributed by atoms with E-state index >= 15 is 0 Å². The van der Waals surface area contributed by atoms with Crippen molar-refractivity contribution in [2.75, 3.05) is 0 Å². The molecule has 1 heteroatoms. The molecule has 42 valence electrons. The summed E-state index contributed by atoms with van der Waals surface area (Å²) in [7, 11) is 0. The van der Waals surface area contributed by atoms with E-state index in [1.54, 1.807) is 0 Å². The summed E-state index contributed by atoms with van der Waals surface area (Å²) in [5.41, 5.74) is 1.06. The fourth-order valence-corrected chi connectivity index (χ4v) is 0.348. The highest BCUT2D eigenvalue weighted by Gasteiger charge is 1.97. The van der Waals surface area contributed by atoms with Gasteiger partial charge in [-0.1, -0.05) is 19.1 Å². The first-order valence-electron chi connectivity index (χ1n) is 2.48. The molecule has 0 aliphatic rings. The number of allylic oxidation sites excluding steroid dienone is 1. The van der Waals surface area contributed by atoms with Crippen LogP contribution >= 0.6 is 11.6 Å². The van der Waals surface area contributed by atoms with Crippen LogP contribution in [0.3, 0.4) is 0 Å². The summed E-state index contributed by atoms with van der Waals surface area (Å²) in [5, 5.41) is 0.181. The predicted molar refractivity (Wildman–Crippen MR) is 34.7 cm³/mol. The van der Waals surface area contributed by atoms with Crippen molar-refractivity contribution >= 4 is 11.6 Å². The van der Waals surface area contributed by atoms with Gasteiger partial charge < -0.3 is 0 Å². The van der Waals surface area contributed by atoms with Crippen molar-refractivity contribution in [2.24, 2.45) is 0 Å². The van der Waals surface area contributed by atoms with Gasteiger partial charge in [-0.15, -0.1) is 11.6 Å². The summed E-state index contributed by atoms with van der Waals surface area (Å²) < 4.78 is 0. The molecule has 0 aliphatic heterocycles. The van der Waals surface area contributed by atoms with Crippen LogP contribution in [0.15, 0.2) is 12.2 Å². The lowest BCUT2D eigenvalue weighted by Gasteiger charge is -2.01. The lowest BCUT2D eigenvalue weighted by Crippen LogP contribution is -1.94. The Bertz CT molecular complexity index is 66.6. The average molecular weight is 119 g/mol. The van der Waals surface area contributed by atoms with Crippen LogP contribution in [-0.2, 0) is 0 Å². The molecular formula is C6H11Cl. The van der Waals surface area contributed by atoms with E-state index in [1.165, 1.54) is 0 Å². The zero-order chi connectivity index (χ0) is 5.86. The first-order chi connectivity index (χ1) is 3.18. The first kappa shape index (κ1) is 7.03. The molecule has 0 aliphatic carbocycles. The maximum absolute atomic E-state index is 5.70. The largest absolute Gasteiger partial charge is 0.118 e. The summed E-state index contributed by atoms with van der Waals surface area (Å²) in [6.45, 7) is 7.69. The molecule has 0 aromatic heterocycles. The van der Waals surface area contributed by atoms with Crippen LogP contribution in [0.2, 0.25) is 0 Å². The Morgan fingerprint density at radius 1 is 1.86 bits per heavy atom. The van der Waals surface area contributed by atoms with Crippen LogP contribution in [0, 0.1) is 0 Å². The van der Waals surface area contributed by atoms with Gasteiger partial charge in [0.25, 0.3) is 0 Å². The van der Waals surface area contributed by atoms with Crippen LogP contribution in [0.1, 0.15) is 20.3 Å². The highest BCUT2D eigenvalue weighted by molar-refractivity contribution is 6.22. The zero-order valence-electron chi connectivity index (χ0n) is 4.87. The molecule has 0 heterocycles. The van der Waals surface area contributed by atoms with Gasteiger partial charge >= 0.3 is 0 Å². The quantitative estimate of drug-likeness (QED) is 0.386. The number of alkyl halides is 1. The maximum Gasteiger partial charge on any atom is 0.0537 e. The van der Waals surface area contributed by atoms with Gasteiger partial charge in [-0.05, 0) is 13.3 Å².